The Balaban J connectivity index is 0.853. The summed E-state index contributed by atoms with van der Waals surface area (Å²) < 4.78 is 58.8. The minimum absolute atomic E-state index is 0.00222. The number of nitrogens with one attached hydrogen (secondary N) is 3. The molecule has 3 amide bonds. The number of ether oxygens (including phenoxy) is 5. The summed E-state index contributed by atoms with van der Waals surface area (Å²) in [6.45, 7) is 0.728. The number of hydrogen-bond acceptors (Lipinski definition) is 16. The topological polar surface area (TPSA) is 306 Å². The number of allylic oxidation sites excluding steroid dienone is 4. The molecule has 0 radical (unpaired) electrons. The van der Waals surface area contributed by atoms with Crippen LogP contribution in [0.4, 0.5) is 19.3 Å². The SMILES string of the molecule is C[C@]12C=CC(=O)C=C1CC[C@@H]1[C@@H]2[C@@H](O)CC2[C@H]1C[C@H]1O[C@@H](c3ccc(CC4(NC(=O)OCc5ccc(O[C@@H]6O[C@H](C(=O)O)[C@@H](O)[C@H](O)[C@H]6O)c(NC(=O)CCNC(=O)CBr)c5)CC(F)(F)C4)cc3)O[C@@]21C(=O)CO. The first-order valence-corrected chi connectivity index (χ1v) is 25.6. The molecule has 2 aliphatic heterocycles. The standard InChI is InChI=1S/C51H58BrF2N3O17/c1-48-12-10-28(59)15-27(48)7-8-29-30-16-36-51(35(61)20-58,31(30)17-33(60)39(29)48)74-45(72-36)26-5-2-24(3-6-26)18-49(22-50(53,54)23-49)57-47(69)70-21-25-4-9-34(32(14-25)56-37(62)11-13-55-38(63)19-52)71-46-42(66)40(64)41(65)43(73-46)44(67)68/h2-6,9-10,12,14-15,29-31,33,36,39-43,45-46,58,60,64-66H,7-8,11,13,16-23H2,1H3,(H,55,63)(H,56,62)(H,57,69)(H,67,68)/t29-,30-,31?,33-,36+,39+,40-,41-,42+,43-,45+,46+,48-,51+/m0/s1. The molecule has 7 aliphatic rings. The molecule has 0 bridgehead atoms. The summed E-state index contributed by atoms with van der Waals surface area (Å²) in [6, 6.07) is 10.6. The molecule has 4 saturated carbocycles. The van der Waals surface area contributed by atoms with Crippen molar-refractivity contribution in [2.75, 3.05) is 23.8 Å². The Morgan fingerprint density at radius 3 is 2.34 bits per heavy atom. The molecular formula is C51H58BrF2N3O17. The van der Waals surface area contributed by atoms with Crippen LogP contribution >= 0.6 is 15.9 Å². The number of Topliss-reactive ketones (excluding diaryl/α,β-unsaturated/α-hetero) is 1. The molecule has 23 heteroatoms. The number of alkyl carbamates (subject to hydrolysis) is 1. The van der Waals surface area contributed by atoms with E-state index in [0.29, 0.717) is 30.4 Å². The minimum atomic E-state index is -3.09. The van der Waals surface area contributed by atoms with E-state index in [2.05, 4.69) is 38.8 Å². The monoisotopic (exact) mass is 1100 g/mol. The van der Waals surface area contributed by atoms with Gasteiger partial charge in [-0.05, 0) is 79.4 Å². The molecule has 2 heterocycles. The molecular weight excluding hydrogens is 1040 g/mol. The molecule has 1 unspecified atom stereocenters. The second-order valence-corrected chi connectivity index (χ2v) is 21.3. The van der Waals surface area contributed by atoms with Crippen LogP contribution in [0, 0.1) is 29.1 Å². The van der Waals surface area contributed by atoms with E-state index in [-0.39, 0.29) is 77.6 Å². The van der Waals surface area contributed by atoms with Gasteiger partial charge in [0.05, 0.1) is 28.8 Å². The number of rotatable bonds is 16. The molecule has 0 spiro atoms. The van der Waals surface area contributed by atoms with Gasteiger partial charge in [-0.15, -0.1) is 0 Å². The van der Waals surface area contributed by atoms with E-state index in [4.69, 9.17) is 23.7 Å². The molecule has 9 N–H and O–H groups in total. The smallest absolute Gasteiger partial charge is 0.407 e. The number of carboxylic acid groups (broad SMARTS) is 1. The summed E-state index contributed by atoms with van der Waals surface area (Å²) in [5.74, 6) is -7.29. The molecule has 20 nitrogen and oxygen atoms in total. The van der Waals surface area contributed by atoms with Crippen LogP contribution in [-0.4, -0.2) is 145 Å². The van der Waals surface area contributed by atoms with E-state index in [1.165, 1.54) is 18.2 Å². The average molecular weight is 1100 g/mol. The third-order valence-electron chi connectivity index (χ3n) is 16.1. The minimum Gasteiger partial charge on any atom is -0.479 e. The number of benzene rings is 2. The summed E-state index contributed by atoms with van der Waals surface area (Å²) in [6.07, 6.45) is -7.87. The number of carboxylic acids is 1. The third kappa shape index (κ3) is 10.1. The quantitative estimate of drug-likeness (QED) is 0.109. The van der Waals surface area contributed by atoms with Crippen molar-refractivity contribution in [1.82, 2.24) is 10.6 Å². The molecule has 2 saturated heterocycles. The van der Waals surface area contributed by atoms with Gasteiger partial charge in [-0.1, -0.05) is 64.8 Å². The number of carbonyl (C=O) groups is 6. The zero-order valence-electron chi connectivity index (χ0n) is 40.0. The van der Waals surface area contributed by atoms with E-state index < -0.39 is 127 Å². The zero-order chi connectivity index (χ0) is 53.1. The van der Waals surface area contributed by atoms with Gasteiger partial charge < -0.3 is 70.3 Å². The lowest BCUT2D eigenvalue weighted by molar-refractivity contribution is -0.271. The first kappa shape index (κ1) is 53.6. The number of fused-ring (bicyclic) bond motifs is 7. The maximum atomic E-state index is 14.7. The number of halogens is 3. The average Bonchev–Trinajstić information content (AvgIpc) is 3.88. The fourth-order valence-electron chi connectivity index (χ4n) is 12.8. The molecule has 74 heavy (non-hydrogen) atoms. The zero-order valence-corrected chi connectivity index (χ0v) is 41.6. The van der Waals surface area contributed by atoms with Crippen molar-refractivity contribution in [3.05, 3.63) is 83.0 Å². The van der Waals surface area contributed by atoms with Gasteiger partial charge >= 0.3 is 12.1 Å². The Hall–Kier alpha value is -5.24. The largest absolute Gasteiger partial charge is 0.479 e. The van der Waals surface area contributed by atoms with Crippen molar-refractivity contribution in [2.45, 2.75) is 131 Å². The van der Waals surface area contributed by atoms with Crippen LogP contribution in [0.25, 0.3) is 0 Å². The van der Waals surface area contributed by atoms with Crippen LogP contribution in [0.2, 0.25) is 0 Å². The summed E-state index contributed by atoms with van der Waals surface area (Å²) in [4.78, 5) is 75.8. The lowest BCUT2D eigenvalue weighted by atomic mass is 9.49. The van der Waals surface area contributed by atoms with Crippen LogP contribution in [0.1, 0.15) is 74.8 Å². The number of amides is 3. The van der Waals surface area contributed by atoms with Crippen LogP contribution in [0.15, 0.2) is 66.3 Å². The number of ketones is 2. The number of anilines is 1. The highest BCUT2D eigenvalue weighted by Gasteiger charge is 2.70. The molecule has 2 aromatic carbocycles. The number of alkyl halides is 3. The van der Waals surface area contributed by atoms with Crippen LogP contribution in [0.5, 0.6) is 5.75 Å². The second kappa shape index (κ2) is 20.7. The van der Waals surface area contributed by atoms with Gasteiger partial charge in [-0.2, -0.15) is 0 Å². The Kier molecular flexibility index (Phi) is 15.0. The van der Waals surface area contributed by atoms with Crippen molar-refractivity contribution in [3.63, 3.8) is 0 Å². The molecule has 6 fully saturated rings. The number of aliphatic hydroxyl groups excluding tert-OH is 5. The third-order valence-corrected chi connectivity index (χ3v) is 16.6. The fraction of sp³-hybridized carbons (Fsp3) is 0.569. The van der Waals surface area contributed by atoms with Gasteiger partial charge in [0, 0.05) is 48.6 Å². The van der Waals surface area contributed by atoms with Gasteiger partial charge in [0.25, 0.3) is 5.92 Å². The van der Waals surface area contributed by atoms with Gasteiger partial charge in [0.2, 0.25) is 18.1 Å². The molecule has 0 aromatic heterocycles. The van der Waals surface area contributed by atoms with E-state index in [1.54, 1.807) is 36.4 Å². The van der Waals surface area contributed by atoms with Gasteiger partial charge in [0.15, 0.2) is 29.6 Å². The summed E-state index contributed by atoms with van der Waals surface area (Å²) in [5.41, 5.74) is -1.26. The molecule has 5 aliphatic carbocycles. The van der Waals surface area contributed by atoms with Crippen molar-refractivity contribution in [1.29, 1.82) is 0 Å². The maximum absolute atomic E-state index is 14.7. The highest BCUT2D eigenvalue weighted by molar-refractivity contribution is 9.09. The van der Waals surface area contributed by atoms with Crippen molar-refractivity contribution in [2.24, 2.45) is 29.1 Å². The Morgan fingerprint density at radius 2 is 1.65 bits per heavy atom. The Labute approximate surface area is 430 Å². The number of aliphatic hydroxyl groups is 5. The summed E-state index contributed by atoms with van der Waals surface area (Å²) >= 11 is 3.00. The van der Waals surface area contributed by atoms with Crippen LogP contribution in [0.3, 0.4) is 0 Å². The van der Waals surface area contributed by atoms with Crippen molar-refractivity contribution >= 4 is 57.1 Å². The van der Waals surface area contributed by atoms with E-state index >= 15 is 0 Å². The predicted octanol–water partition coefficient (Wildman–Crippen LogP) is 2.65. The second-order valence-electron chi connectivity index (χ2n) is 20.7. The van der Waals surface area contributed by atoms with Crippen molar-refractivity contribution < 1.29 is 91.9 Å². The Bertz CT molecular complexity index is 2610. The number of hydrogen-bond donors (Lipinski definition) is 9. The van der Waals surface area contributed by atoms with E-state index in [1.807, 2.05) is 6.08 Å². The first-order valence-electron chi connectivity index (χ1n) is 24.4. The molecule has 14 atom stereocenters. The highest BCUT2D eigenvalue weighted by atomic mass is 79.9. The number of carbonyl (C=O) groups excluding carboxylic acids is 5. The molecule has 9 rings (SSSR count). The van der Waals surface area contributed by atoms with Crippen LogP contribution < -0.4 is 20.7 Å². The predicted molar refractivity (Wildman–Crippen MR) is 254 cm³/mol. The maximum Gasteiger partial charge on any atom is 0.407 e. The van der Waals surface area contributed by atoms with Crippen LogP contribution in [-0.2, 0) is 55.9 Å². The van der Waals surface area contributed by atoms with E-state index in [0.717, 1.165) is 5.57 Å². The molecule has 2 aromatic rings. The normalized spacial score (nSPS) is 35.1. The van der Waals surface area contributed by atoms with Gasteiger partial charge in [-0.3, -0.25) is 19.2 Å². The Morgan fingerprint density at radius 1 is 0.919 bits per heavy atom. The lowest BCUT2D eigenvalue weighted by Gasteiger charge is -2.56. The summed E-state index contributed by atoms with van der Waals surface area (Å²) in [5, 5.41) is 70.2. The highest BCUT2D eigenvalue weighted by Crippen LogP contribution is 2.65. The van der Waals surface area contributed by atoms with Gasteiger partial charge in [0.1, 0.15) is 37.3 Å². The van der Waals surface area contributed by atoms with Gasteiger partial charge in [-0.25, -0.2) is 18.4 Å². The summed E-state index contributed by atoms with van der Waals surface area (Å²) in [7, 11) is 0. The van der Waals surface area contributed by atoms with Crippen molar-refractivity contribution in [3.8, 4) is 5.75 Å². The lowest BCUT2D eigenvalue weighted by Crippen LogP contribution is -2.63. The molecule has 400 valence electrons. The number of aliphatic carboxylic acids is 1. The van der Waals surface area contributed by atoms with E-state index in [9.17, 15) is 68.2 Å². The fourth-order valence-corrected chi connectivity index (χ4v) is 13.0. The first-order chi connectivity index (χ1) is 35.1.